The van der Waals surface area contributed by atoms with Crippen LogP contribution in [0.15, 0.2) is 41.3 Å². The van der Waals surface area contributed by atoms with Crippen LogP contribution in [-0.2, 0) is 27.2 Å². The second kappa shape index (κ2) is 6.90. The predicted octanol–water partition coefficient (Wildman–Crippen LogP) is 2.45. The van der Waals surface area contributed by atoms with Crippen LogP contribution in [0.25, 0.3) is 0 Å². The van der Waals surface area contributed by atoms with Crippen molar-refractivity contribution in [2.45, 2.75) is 24.2 Å². The van der Waals surface area contributed by atoms with E-state index in [0.29, 0.717) is 29.3 Å². The van der Waals surface area contributed by atoms with Crippen molar-refractivity contribution in [3.8, 4) is 5.75 Å². The van der Waals surface area contributed by atoms with Crippen LogP contribution >= 0.6 is 0 Å². The van der Waals surface area contributed by atoms with Crippen molar-refractivity contribution in [3.05, 3.63) is 47.5 Å². The van der Waals surface area contributed by atoms with Gasteiger partial charge in [0, 0.05) is 29.9 Å². The molecule has 2 aliphatic rings. The first-order chi connectivity index (χ1) is 13.0. The summed E-state index contributed by atoms with van der Waals surface area (Å²) in [5.74, 6) is -0.734. The summed E-state index contributed by atoms with van der Waals surface area (Å²) in [6.07, 6.45) is 2.41. The molecule has 4 rings (SSSR count). The largest absolute Gasteiger partial charge is 0.612 e. The number of fused-ring (bicyclic) bond motifs is 2. The lowest BCUT2D eigenvalue weighted by molar-refractivity contribution is -0.126. The monoisotopic (exact) mass is 384 g/mol. The van der Waals surface area contributed by atoms with E-state index < -0.39 is 17.1 Å². The van der Waals surface area contributed by atoms with E-state index in [1.807, 2.05) is 19.1 Å². The van der Waals surface area contributed by atoms with Gasteiger partial charge in [0.2, 0.25) is 11.8 Å². The van der Waals surface area contributed by atoms with Gasteiger partial charge in [-0.15, -0.1) is 0 Å². The summed E-state index contributed by atoms with van der Waals surface area (Å²) in [7, 11) is 0. The number of nitrogens with zero attached hydrogens (tertiary/aromatic N) is 1. The topological polar surface area (TPSA) is 81.7 Å². The molecule has 2 aliphatic heterocycles. The Hall–Kier alpha value is -2.51. The van der Waals surface area contributed by atoms with Crippen LogP contribution in [0.3, 0.4) is 0 Å². The zero-order chi connectivity index (χ0) is 19.1. The van der Waals surface area contributed by atoms with Crippen molar-refractivity contribution < 1.29 is 18.9 Å². The first-order valence-corrected chi connectivity index (χ1v) is 10.4. The van der Waals surface area contributed by atoms with Gasteiger partial charge in [-0.25, -0.2) is 0 Å². The molecule has 140 valence electrons. The maximum Gasteiger partial charge on any atom is 0.244 e. The van der Waals surface area contributed by atoms with Crippen molar-refractivity contribution >= 4 is 34.4 Å². The highest BCUT2D eigenvalue weighted by atomic mass is 32.2. The van der Waals surface area contributed by atoms with Gasteiger partial charge in [0.15, 0.2) is 4.90 Å². The molecule has 0 spiro atoms. The minimum absolute atomic E-state index is 0.222. The van der Waals surface area contributed by atoms with E-state index in [4.69, 9.17) is 4.74 Å². The van der Waals surface area contributed by atoms with Crippen LogP contribution in [0.2, 0.25) is 0 Å². The minimum Gasteiger partial charge on any atom is -0.612 e. The molecule has 0 fully saturated rings. The second-order valence-corrected chi connectivity index (χ2v) is 7.98. The first kappa shape index (κ1) is 17.9. The molecule has 0 saturated heterocycles. The molecule has 27 heavy (non-hydrogen) atoms. The van der Waals surface area contributed by atoms with Crippen LogP contribution in [-0.4, -0.2) is 35.8 Å². The van der Waals surface area contributed by atoms with E-state index in [0.717, 1.165) is 23.4 Å². The standard InChI is InChI=1S/C20H20N2O4S/c1-3-22-16-10-12-8-9-26-17(12)11-15(16)18(20(22)24)19(23)21-13-4-6-14(7-5-13)27(2)25/h4-7,10-11,18H,3,8-9H2,1-2H3,(H,21,23). The summed E-state index contributed by atoms with van der Waals surface area (Å²) in [5.41, 5.74) is 3.12. The molecule has 0 bridgehead atoms. The number of hydrogen-bond donors (Lipinski definition) is 1. The Morgan fingerprint density at radius 1 is 1.33 bits per heavy atom. The molecule has 2 unspecified atom stereocenters. The molecule has 2 heterocycles. The Morgan fingerprint density at radius 3 is 2.74 bits per heavy atom. The molecule has 0 radical (unpaired) electrons. The molecule has 2 atom stereocenters. The van der Waals surface area contributed by atoms with Gasteiger partial charge in [-0.1, -0.05) is 0 Å². The van der Waals surface area contributed by atoms with Crippen LogP contribution in [0.1, 0.15) is 24.0 Å². The molecule has 1 N–H and O–H groups in total. The number of rotatable bonds is 4. The number of benzene rings is 2. The highest BCUT2D eigenvalue weighted by molar-refractivity contribution is 7.90. The lowest BCUT2D eigenvalue weighted by Crippen LogP contribution is -2.33. The number of nitrogens with one attached hydrogen (secondary N) is 1. The summed E-state index contributed by atoms with van der Waals surface area (Å²) >= 11 is -1.08. The van der Waals surface area contributed by atoms with E-state index in [1.165, 1.54) is 0 Å². The molecule has 0 aliphatic carbocycles. The quantitative estimate of drug-likeness (QED) is 0.648. The van der Waals surface area contributed by atoms with E-state index in [-0.39, 0.29) is 11.8 Å². The average Bonchev–Trinajstić information content (AvgIpc) is 3.20. The number of likely N-dealkylation sites (N-methyl/N-ethyl adjacent to an activating group) is 1. The second-order valence-electron chi connectivity index (χ2n) is 6.60. The fraction of sp³-hybridized carbons (Fsp3) is 0.300. The van der Waals surface area contributed by atoms with E-state index >= 15 is 0 Å². The Balaban J connectivity index is 1.63. The lowest BCUT2D eigenvalue weighted by Gasteiger charge is -2.15. The summed E-state index contributed by atoms with van der Waals surface area (Å²) in [4.78, 5) is 28.1. The molecule has 2 aromatic rings. The molecule has 2 aromatic carbocycles. The third-order valence-corrected chi connectivity index (χ3v) is 5.92. The minimum atomic E-state index is -1.08. The molecule has 0 aromatic heterocycles. The van der Waals surface area contributed by atoms with E-state index in [2.05, 4.69) is 5.32 Å². The van der Waals surface area contributed by atoms with Crippen LogP contribution in [0, 0.1) is 0 Å². The molecule has 7 heteroatoms. The van der Waals surface area contributed by atoms with Gasteiger partial charge in [0.05, 0.1) is 6.61 Å². The molecular formula is C20H20N2O4S. The smallest absolute Gasteiger partial charge is 0.244 e. The predicted molar refractivity (Wildman–Crippen MR) is 104 cm³/mol. The van der Waals surface area contributed by atoms with E-state index in [1.54, 1.807) is 35.4 Å². The number of anilines is 2. The van der Waals surface area contributed by atoms with E-state index in [9.17, 15) is 14.1 Å². The normalized spacial score (nSPS) is 18.7. The maximum atomic E-state index is 12.9. The number of carbonyl (C=O) groups excluding carboxylic acids is 2. The van der Waals surface area contributed by atoms with Crippen molar-refractivity contribution in [3.63, 3.8) is 0 Å². The van der Waals surface area contributed by atoms with Gasteiger partial charge in [-0.3, -0.25) is 9.59 Å². The van der Waals surface area contributed by atoms with Crippen LogP contribution in [0.5, 0.6) is 5.75 Å². The maximum absolute atomic E-state index is 12.9. The van der Waals surface area contributed by atoms with Gasteiger partial charge in [0.25, 0.3) is 0 Å². The third kappa shape index (κ3) is 3.07. The third-order valence-electron chi connectivity index (χ3n) is 4.99. The molecule has 0 saturated carbocycles. The SMILES string of the molecule is CCN1C(=O)C(C(=O)Nc2ccc([S+](C)[O-])cc2)c2cc3c(cc21)CCO3. The Kier molecular flexibility index (Phi) is 4.57. The van der Waals surface area contributed by atoms with Crippen molar-refractivity contribution in [2.24, 2.45) is 0 Å². The molecule has 2 amide bonds. The first-order valence-electron chi connectivity index (χ1n) is 8.85. The fourth-order valence-corrected chi connectivity index (χ4v) is 4.14. The van der Waals surface area contributed by atoms with Gasteiger partial charge in [-0.2, -0.15) is 0 Å². The van der Waals surface area contributed by atoms with Crippen LogP contribution < -0.4 is 15.0 Å². The Morgan fingerprint density at radius 2 is 2.07 bits per heavy atom. The zero-order valence-corrected chi connectivity index (χ0v) is 16.0. The Bertz CT molecular complexity index is 911. The highest BCUT2D eigenvalue weighted by Gasteiger charge is 2.42. The fourth-order valence-electron chi connectivity index (χ4n) is 3.62. The van der Waals surface area contributed by atoms with Gasteiger partial charge < -0.3 is 19.5 Å². The summed E-state index contributed by atoms with van der Waals surface area (Å²) in [6.45, 7) is 3.03. The zero-order valence-electron chi connectivity index (χ0n) is 15.2. The van der Waals surface area contributed by atoms with Crippen molar-refractivity contribution in [1.29, 1.82) is 0 Å². The van der Waals surface area contributed by atoms with Crippen molar-refractivity contribution in [1.82, 2.24) is 0 Å². The Labute approximate surface area is 160 Å². The average molecular weight is 384 g/mol. The van der Waals surface area contributed by atoms with Gasteiger partial charge in [-0.05, 0) is 60.1 Å². The summed E-state index contributed by atoms with van der Waals surface area (Å²) in [6, 6.07) is 10.6. The number of carbonyl (C=O) groups is 2. The molecular weight excluding hydrogens is 364 g/mol. The van der Waals surface area contributed by atoms with Gasteiger partial charge in [0.1, 0.15) is 17.9 Å². The lowest BCUT2D eigenvalue weighted by atomic mass is 9.97. The number of hydrogen-bond acceptors (Lipinski definition) is 4. The van der Waals surface area contributed by atoms with Crippen LogP contribution in [0.4, 0.5) is 11.4 Å². The summed E-state index contributed by atoms with van der Waals surface area (Å²) in [5, 5.41) is 2.81. The summed E-state index contributed by atoms with van der Waals surface area (Å²) < 4.78 is 17.1. The highest BCUT2D eigenvalue weighted by Crippen LogP contribution is 2.43. The molecule has 6 nitrogen and oxygen atoms in total. The number of amides is 2. The van der Waals surface area contributed by atoms with Gasteiger partial charge >= 0.3 is 0 Å². The number of ether oxygens (including phenoxy) is 1. The van der Waals surface area contributed by atoms with Crippen molar-refractivity contribution in [2.75, 3.05) is 29.6 Å².